The summed E-state index contributed by atoms with van der Waals surface area (Å²) in [5, 5.41) is 3.71. The number of nitrogens with one attached hydrogen (secondary N) is 1. The Kier molecular flexibility index (Phi) is 7.02. The van der Waals surface area contributed by atoms with Gasteiger partial charge < -0.3 is 5.32 Å². The van der Waals surface area contributed by atoms with E-state index in [1.807, 2.05) is 79.8 Å². The molecule has 0 radical (unpaired) electrons. The second-order valence-corrected chi connectivity index (χ2v) is 10.8. The molecule has 0 saturated carbocycles. The Balaban J connectivity index is 1.37. The summed E-state index contributed by atoms with van der Waals surface area (Å²) in [5.74, 6) is 2.33. The van der Waals surface area contributed by atoms with Crippen LogP contribution in [-0.4, -0.2) is 27.4 Å². The van der Waals surface area contributed by atoms with Crippen molar-refractivity contribution in [3.05, 3.63) is 77.1 Å². The van der Waals surface area contributed by atoms with Gasteiger partial charge in [-0.3, -0.25) is 4.79 Å². The Bertz CT molecular complexity index is 997. The largest absolute Gasteiger partial charge is 0.322 e. The summed E-state index contributed by atoms with van der Waals surface area (Å²) < 4.78 is 0.488. The maximum absolute atomic E-state index is 12.6. The van der Waals surface area contributed by atoms with E-state index in [1.54, 1.807) is 0 Å². The number of nitrogens with zero attached hydrogens (tertiary/aromatic N) is 2. The minimum Gasteiger partial charge on any atom is -0.322 e. The highest BCUT2D eigenvalue weighted by Gasteiger charge is 2.17. The molecule has 1 N–H and O–H groups in total. The zero-order valence-electron chi connectivity index (χ0n) is 16.9. The average Bonchev–Trinajstić information content (AvgIpc) is 2.75. The molecule has 7 heteroatoms. The minimum absolute atomic E-state index is 0.0939. The van der Waals surface area contributed by atoms with E-state index in [4.69, 9.17) is 0 Å². The van der Waals surface area contributed by atoms with Gasteiger partial charge in [0, 0.05) is 27.5 Å². The number of hydrogen-bond donors (Lipinski definition) is 1. The lowest BCUT2D eigenvalue weighted by molar-refractivity contribution is 0.102. The monoisotopic (exact) mass is 453 g/mol. The number of hydrogen-bond acceptors (Lipinski definition) is 6. The quantitative estimate of drug-likeness (QED) is 0.453. The van der Waals surface area contributed by atoms with Crippen LogP contribution in [0.25, 0.3) is 0 Å². The zero-order chi connectivity index (χ0) is 20.9. The van der Waals surface area contributed by atoms with Gasteiger partial charge in [-0.15, -0.1) is 23.5 Å². The molecule has 1 saturated heterocycles. The number of benzene rings is 2. The highest BCUT2D eigenvalue weighted by atomic mass is 32.2. The lowest BCUT2D eigenvalue weighted by Crippen LogP contribution is -2.12. The fraction of sp³-hybridized carbons (Fsp3) is 0.261. The molecule has 0 aliphatic carbocycles. The zero-order valence-corrected chi connectivity index (χ0v) is 19.4. The van der Waals surface area contributed by atoms with Gasteiger partial charge in [0.2, 0.25) is 0 Å². The van der Waals surface area contributed by atoms with E-state index in [9.17, 15) is 4.79 Å². The van der Waals surface area contributed by atoms with Crippen molar-refractivity contribution in [2.75, 3.05) is 16.8 Å². The Morgan fingerprint density at radius 1 is 0.967 bits per heavy atom. The molecule has 2 aromatic carbocycles. The molecule has 30 heavy (non-hydrogen) atoms. The number of aryl methyl sites for hydroxylation is 2. The predicted molar refractivity (Wildman–Crippen MR) is 129 cm³/mol. The Labute approximate surface area is 190 Å². The van der Waals surface area contributed by atoms with E-state index < -0.39 is 0 Å². The van der Waals surface area contributed by atoms with Gasteiger partial charge in [0.25, 0.3) is 5.91 Å². The number of aromatic nitrogens is 2. The summed E-state index contributed by atoms with van der Waals surface area (Å²) in [6.07, 6.45) is 1.28. The second-order valence-electron chi connectivity index (χ2n) is 7.06. The van der Waals surface area contributed by atoms with Crippen molar-refractivity contribution in [3.8, 4) is 0 Å². The van der Waals surface area contributed by atoms with Gasteiger partial charge in [-0.25, -0.2) is 9.97 Å². The smallest absolute Gasteiger partial charge is 0.255 e. The van der Waals surface area contributed by atoms with Crippen LogP contribution < -0.4 is 5.32 Å². The molecule has 4 rings (SSSR count). The Hall–Kier alpha value is -1.96. The van der Waals surface area contributed by atoms with Crippen LogP contribution in [0.5, 0.6) is 0 Å². The van der Waals surface area contributed by atoms with Crippen LogP contribution in [0.2, 0.25) is 0 Å². The lowest BCUT2D eigenvalue weighted by Gasteiger charge is -2.21. The number of carbonyl (C=O) groups is 1. The summed E-state index contributed by atoms with van der Waals surface area (Å²) >= 11 is 5.49. The topological polar surface area (TPSA) is 54.9 Å². The van der Waals surface area contributed by atoms with Gasteiger partial charge in [-0.05, 0) is 91.6 Å². The van der Waals surface area contributed by atoms with E-state index in [0.29, 0.717) is 10.1 Å². The fourth-order valence-electron chi connectivity index (χ4n) is 3.13. The third-order valence-corrected chi connectivity index (χ3v) is 8.44. The molecule has 154 valence electrons. The van der Waals surface area contributed by atoms with Gasteiger partial charge in [0.1, 0.15) is 0 Å². The van der Waals surface area contributed by atoms with E-state index >= 15 is 0 Å². The molecule has 1 amide bonds. The molecule has 1 aliphatic heterocycles. The summed E-state index contributed by atoms with van der Waals surface area (Å²) in [7, 11) is 0. The number of rotatable bonds is 5. The molecular weight excluding hydrogens is 430 g/mol. The third-order valence-electron chi connectivity index (χ3n) is 4.56. The van der Waals surface area contributed by atoms with Crippen molar-refractivity contribution in [2.45, 2.75) is 34.9 Å². The molecule has 1 aromatic heterocycles. The van der Waals surface area contributed by atoms with Crippen LogP contribution in [0.4, 0.5) is 5.69 Å². The van der Waals surface area contributed by atoms with Gasteiger partial charge in [0.15, 0.2) is 5.16 Å². The number of anilines is 1. The van der Waals surface area contributed by atoms with Gasteiger partial charge >= 0.3 is 0 Å². The molecule has 0 unspecified atom stereocenters. The van der Waals surface area contributed by atoms with Crippen LogP contribution in [0.1, 0.15) is 38.3 Å². The summed E-state index contributed by atoms with van der Waals surface area (Å²) in [6, 6.07) is 17.7. The highest BCUT2D eigenvalue weighted by Crippen LogP contribution is 2.43. The molecule has 4 nitrogen and oxygen atoms in total. The third kappa shape index (κ3) is 5.59. The van der Waals surface area contributed by atoms with Crippen LogP contribution in [0, 0.1) is 13.8 Å². The van der Waals surface area contributed by atoms with Crippen molar-refractivity contribution >= 4 is 46.9 Å². The standard InChI is InChI=1S/C23H23N3OS3/c1-15-14-16(2)25-23(24-15)30-20-10-8-19(9-11-20)26-21(27)17-4-6-18(7-5-17)22-28-12-3-13-29-22/h4-11,14,22H,3,12-13H2,1-2H3,(H,26,27). The minimum atomic E-state index is -0.0939. The summed E-state index contributed by atoms with van der Waals surface area (Å²) in [5.41, 5.74) is 4.65. The second kappa shape index (κ2) is 9.90. The molecule has 0 atom stereocenters. The Morgan fingerprint density at radius 2 is 1.60 bits per heavy atom. The summed E-state index contributed by atoms with van der Waals surface area (Å²) in [4.78, 5) is 22.6. The molecule has 2 heterocycles. The van der Waals surface area contributed by atoms with Crippen LogP contribution in [0.3, 0.4) is 0 Å². The van der Waals surface area contributed by atoms with Crippen molar-refractivity contribution in [1.29, 1.82) is 0 Å². The molecule has 1 fully saturated rings. The average molecular weight is 454 g/mol. The van der Waals surface area contributed by atoms with Crippen LogP contribution in [0.15, 0.2) is 64.6 Å². The first-order valence-electron chi connectivity index (χ1n) is 9.81. The van der Waals surface area contributed by atoms with E-state index in [-0.39, 0.29) is 5.91 Å². The first-order chi connectivity index (χ1) is 14.6. The lowest BCUT2D eigenvalue weighted by atomic mass is 10.1. The van der Waals surface area contributed by atoms with Gasteiger partial charge in [0.05, 0.1) is 4.58 Å². The maximum Gasteiger partial charge on any atom is 0.255 e. The Morgan fingerprint density at radius 3 is 2.23 bits per heavy atom. The SMILES string of the molecule is Cc1cc(C)nc(Sc2ccc(NC(=O)c3ccc(C4SCCCS4)cc3)cc2)n1. The van der Waals surface area contributed by atoms with E-state index in [0.717, 1.165) is 27.1 Å². The highest BCUT2D eigenvalue weighted by molar-refractivity contribution is 8.16. The van der Waals surface area contributed by atoms with Crippen molar-refractivity contribution in [2.24, 2.45) is 0 Å². The predicted octanol–water partition coefficient (Wildman–Crippen LogP) is 6.37. The van der Waals surface area contributed by atoms with E-state index in [1.165, 1.54) is 35.3 Å². The van der Waals surface area contributed by atoms with Gasteiger partial charge in [-0.2, -0.15) is 0 Å². The van der Waals surface area contributed by atoms with Gasteiger partial charge in [-0.1, -0.05) is 12.1 Å². The number of amides is 1. The number of thioether (sulfide) groups is 2. The van der Waals surface area contributed by atoms with Crippen molar-refractivity contribution in [1.82, 2.24) is 9.97 Å². The molecular formula is C23H23N3OS3. The fourth-order valence-corrected chi connectivity index (χ4v) is 6.88. The van der Waals surface area contributed by atoms with E-state index in [2.05, 4.69) is 27.4 Å². The van der Waals surface area contributed by atoms with Crippen LogP contribution >= 0.6 is 35.3 Å². The maximum atomic E-state index is 12.6. The van der Waals surface area contributed by atoms with Crippen molar-refractivity contribution in [3.63, 3.8) is 0 Å². The van der Waals surface area contributed by atoms with Crippen LogP contribution in [-0.2, 0) is 0 Å². The first-order valence-corrected chi connectivity index (χ1v) is 12.7. The first kappa shape index (κ1) is 21.3. The van der Waals surface area contributed by atoms with Crippen molar-refractivity contribution < 1.29 is 4.79 Å². The normalized spacial score (nSPS) is 14.5. The summed E-state index contributed by atoms with van der Waals surface area (Å²) in [6.45, 7) is 3.94. The molecule has 0 spiro atoms. The molecule has 3 aromatic rings. The molecule has 0 bridgehead atoms. The number of carbonyl (C=O) groups excluding carboxylic acids is 1. The molecule has 1 aliphatic rings.